The second kappa shape index (κ2) is 11.7. The number of nitrogens with zero attached hydrogens (tertiary/aromatic N) is 1. The van der Waals surface area contributed by atoms with E-state index in [1.54, 1.807) is 17.0 Å². The Kier molecular flexibility index (Phi) is 9.37. The van der Waals surface area contributed by atoms with Crippen LogP contribution < -0.4 is 5.32 Å². The molecule has 6 heteroatoms. The third kappa shape index (κ3) is 7.17. The zero-order chi connectivity index (χ0) is 22.1. The second-order valence-corrected chi connectivity index (χ2v) is 8.54. The first-order valence-electron chi connectivity index (χ1n) is 10.4. The Labute approximate surface area is 183 Å². The van der Waals surface area contributed by atoms with Crippen molar-refractivity contribution in [2.45, 2.75) is 64.1 Å². The molecule has 2 unspecified atom stereocenters. The molecule has 30 heavy (non-hydrogen) atoms. The monoisotopic (exact) mass is 430 g/mol. The second-order valence-electron chi connectivity index (χ2n) is 7.49. The number of rotatable bonds is 10. The molecular weight excluding hydrogens is 399 g/mol. The first kappa shape index (κ1) is 23.9. The minimum absolute atomic E-state index is 0.0382. The molecule has 162 valence electrons. The normalized spacial score (nSPS) is 12.8. The van der Waals surface area contributed by atoms with Crippen molar-refractivity contribution in [3.63, 3.8) is 0 Å². The van der Waals surface area contributed by atoms with Crippen LogP contribution in [0.15, 0.2) is 53.4 Å². The van der Waals surface area contributed by atoms with E-state index < -0.39 is 6.04 Å². The fraction of sp³-hybridized carbons (Fsp3) is 0.417. The predicted molar refractivity (Wildman–Crippen MR) is 121 cm³/mol. The molecule has 0 radical (unpaired) electrons. The summed E-state index contributed by atoms with van der Waals surface area (Å²) in [6.45, 7) is 8.14. The van der Waals surface area contributed by atoms with Crippen molar-refractivity contribution in [3.05, 3.63) is 65.5 Å². The van der Waals surface area contributed by atoms with Crippen LogP contribution in [0.1, 0.15) is 44.7 Å². The van der Waals surface area contributed by atoms with Gasteiger partial charge in [-0.25, -0.2) is 4.39 Å². The van der Waals surface area contributed by atoms with Gasteiger partial charge < -0.3 is 10.2 Å². The van der Waals surface area contributed by atoms with Gasteiger partial charge in [0.15, 0.2) is 0 Å². The lowest BCUT2D eigenvalue weighted by atomic mass is 10.1. The summed E-state index contributed by atoms with van der Waals surface area (Å²) in [7, 11) is 0. The largest absolute Gasteiger partial charge is 0.352 e. The molecule has 0 aliphatic heterocycles. The molecule has 2 rings (SSSR count). The van der Waals surface area contributed by atoms with E-state index >= 15 is 0 Å². The summed E-state index contributed by atoms with van der Waals surface area (Å²) >= 11 is 1.45. The van der Waals surface area contributed by atoms with Crippen LogP contribution in [0.5, 0.6) is 0 Å². The Morgan fingerprint density at radius 1 is 1.03 bits per heavy atom. The van der Waals surface area contributed by atoms with E-state index in [1.165, 1.54) is 23.9 Å². The van der Waals surface area contributed by atoms with Gasteiger partial charge in [0, 0.05) is 17.5 Å². The van der Waals surface area contributed by atoms with Crippen LogP contribution in [0.3, 0.4) is 0 Å². The maximum atomic E-state index is 13.3. The third-order valence-electron chi connectivity index (χ3n) is 5.04. The smallest absolute Gasteiger partial charge is 0.243 e. The molecule has 0 bridgehead atoms. The zero-order valence-corrected chi connectivity index (χ0v) is 19.0. The van der Waals surface area contributed by atoms with Crippen LogP contribution >= 0.6 is 11.8 Å². The first-order valence-corrected chi connectivity index (χ1v) is 11.4. The number of carbonyl (C=O) groups excluding carboxylic acids is 2. The van der Waals surface area contributed by atoms with Gasteiger partial charge in [-0.05, 0) is 56.5 Å². The Morgan fingerprint density at radius 2 is 1.67 bits per heavy atom. The van der Waals surface area contributed by atoms with Gasteiger partial charge in [0.05, 0.1) is 5.75 Å². The number of hydrogen-bond donors (Lipinski definition) is 1. The quantitative estimate of drug-likeness (QED) is 0.543. The Bertz CT molecular complexity index is 824. The fourth-order valence-corrected chi connectivity index (χ4v) is 3.79. The Hall–Kier alpha value is -2.34. The van der Waals surface area contributed by atoms with Crippen molar-refractivity contribution in [2.75, 3.05) is 5.75 Å². The fourth-order valence-electron chi connectivity index (χ4n) is 3.01. The molecule has 0 saturated heterocycles. The summed E-state index contributed by atoms with van der Waals surface area (Å²) in [5, 5.41) is 2.99. The van der Waals surface area contributed by atoms with E-state index in [9.17, 15) is 14.0 Å². The van der Waals surface area contributed by atoms with Crippen molar-refractivity contribution in [1.29, 1.82) is 0 Å². The molecule has 0 heterocycles. The molecule has 0 fully saturated rings. The summed E-state index contributed by atoms with van der Waals surface area (Å²) in [6, 6.07) is 13.5. The molecule has 0 saturated carbocycles. The number of hydrogen-bond acceptors (Lipinski definition) is 3. The molecule has 2 aromatic carbocycles. The van der Waals surface area contributed by atoms with Crippen molar-refractivity contribution in [2.24, 2.45) is 0 Å². The van der Waals surface area contributed by atoms with E-state index in [4.69, 9.17) is 0 Å². The average molecular weight is 431 g/mol. The molecule has 2 atom stereocenters. The van der Waals surface area contributed by atoms with Gasteiger partial charge >= 0.3 is 0 Å². The number of amides is 2. The van der Waals surface area contributed by atoms with Gasteiger partial charge in [0.25, 0.3) is 0 Å². The SMILES string of the molecule is CCC(C)NC(=O)C(CC)N(Cc1ccc(F)cc1)C(=O)CSc1ccc(C)cc1. The maximum absolute atomic E-state index is 13.3. The highest BCUT2D eigenvalue weighted by atomic mass is 32.2. The van der Waals surface area contributed by atoms with E-state index in [2.05, 4.69) is 5.32 Å². The van der Waals surface area contributed by atoms with Crippen LogP contribution in [0.25, 0.3) is 0 Å². The standard InChI is InChI=1S/C24H31FN2O2S/c1-5-18(4)26-24(29)22(6-2)27(15-19-9-11-20(25)12-10-19)23(28)16-30-21-13-7-17(3)8-14-21/h7-14,18,22H,5-6,15-16H2,1-4H3,(H,26,29). The summed E-state index contributed by atoms with van der Waals surface area (Å²) in [4.78, 5) is 28.7. The van der Waals surface area contributed by atoms with Gasteiger partial charge in [-0.15, -0.1) is 11.8 Å². The molecule has 0 aliphatic carbocycles. The number of carbonyl (C=O) groups is 2. The van der Waals surface area contributed by atoms with E-state index in [0.29, 0.717) is 6.42 Å². The van der Waals surface area contributed by atoms with E-state index in [-0.39, 0.29) is 36.0 Å². The van der Waals surface area contributed by atoms with Gasteiger partial charge in [-0.2, -0.15) is 0 Å². The van der Waals surface area contributed by atoms with Crippen LogP contribution in [-0.2, 0) is 16.1 Å². The van der Waals surface area contributed by atoms with Crippen LogP contribution in [-0.4, -0.2) is 34.6 Å². The molecule has 0 aromatic heterocycles. The Balaban J connectivity index is 2.19. The van der Waals surface area contributed by atoms with E-state index in [0.717, 1.165) is 22.4 Å². The lowest BCUT2D eigenvalue weighted by Crippen LogP contribution is -2.51. The number of halogens is 1. The molecule has 0 aliphatic rings. The molecule has 2 amide bonds. The molecule has 1 N–H and O–H groups in total. The van der Waals surface area contributed by atoms with Crippen LogP contribution in [0, 0.1) is 12.7 Å². The number of aryl methyl sites for hydroxylation is 1. The molecule has 4 nitrogen and oxygen atoms in total. The van der Waals surface area contributed by atoms with Crippen molar-refractivity contribution in [3.8, 4) is 0 Å². The van der Waals surface area contributed by atoms with Crippen molar-refractivity contribution < 1.29 is 14.0 Å². The number of thioether (sulfide) groups is 1. The van der Waals surface area contributed by atoms with E-state index in [1.807, 2.05) is 52.0 Å². The molecule has 0 spiro atoms. The number of nitrogens with one attached hydrogen (secondary N) is 1. The van der Waals surface area contributed by atoms with Gasteiger partial charge in [-0.3, -0.25) is 9.59 Å². The van der Waals surface area contributed by atoms with Gasteiger partial charge in [0.1, 0.15) is 11.9 Å². The zero-order valence-electron chi connectivity index (χ0n) is 18.2. The molecule has 2 aromatic rings. The summed E-state index contributed by atoms with van der Waals surface area (Å²) in [6.07, 6.45) is 1.32. The predicted octanol–water partition coefficient (Wildman–Crippen LogP) is 4.95. The summed E-state index contributed by atoms with van der Waals surface area (Å²) < 4.78 is 13.3. The highest BCUT2D eigenvalue weighted by Crippen LogP contribution is 2.21. The maximum Gasteiger partial charge on any atom is 0.243 e. The van der Waals surface area contributed by atoms with Gasteiger partial charge in [-0.1, -0.05) is 43.7 Å². The lowest BCUT2D eigenvalue weighted by Gasteiger charge is -2.31. The minimum Gasteiger partial charge on any atom is -0.352 e. The highest BCUT2D eigenvalue weighted by Gasteiger charge is 2.29. The molecular formula is C24H31FN2O2S. The minimum atomic E-state index is -0.574. The summed E-state index contributed by atoms with van der Waals surface area (Å²) in [5.41, 5.74) is 1.95. The van der Waals surface area contributed by atoms with Crippen LogP contribution in [0.2, 0.25) is 0 Å². The van der Waals surface area contributed by atoms with Crippen LogP contribution in [0.4, 0.5) is 4.39 Å². The van der Waals surface area contributed by atoms with Crippen molar-refractivity contribution in [1.82, 2.24) is 10.2 Å². The lowest BCUT2D eigenvalue weighted by molar-refractivity contribution is -0.139. The average Bonchev–Trinajstić information content (AvgIpc) is 2.74. The highest BCUT2D eigenvalue weighted by molar-refractivity contribution is 8.00. The topological polar surface area (TPSA) is 49.4 Å². The summed E-state index contributed by atoms with van der Waals surface area (Å²) in [5.74, 6) is -0.357. The first-order chi connectivity index (χ1) is 14.3. The van der Waals surface area contributed by atoms with Gasteiger partial charge in [0.2, 0.25) is 11.8 Å². The number of benzene rings is 2. The third-order valence-corrected chi connectivity index (χ3v) is 6.03. The van der Waals surface area contributed by atoms with Crippen molar-refractivity contribution >= 4 is 23.6 Å². The Morgan fingerprint density at radius 3 is 2.23 bits per heavy atom.